The average molecular weight is 455 g/mol. The highest BCUT2D eigenvalue weighted by Crippen LogP contribution is 2.35. The SMILES string of the molecule is CC(C)(C)OC(=O)N1CC(Oc2cc(C(=O)O)cc(-c3cc(C(F)(F)F)ccc3F)c2)C1. The summed E-state index contributed by atoms with van der Waals surface area (Å²) >= 11 is 0. The van der Waals surface area contributed by atoms with Crippen LogP contribution >= 0.6 is 0 Å². The number of carboxylic acid groups (broad SMARTS) is 1. The summed E-state index contributed by atoms with van der Waals surface area (Å²) in [6, 6.07) is 5.43. The first kappa shape index (κ1) is 23.4. The number of rotatable bonds is 4. The molecule has 0 atom stereocenters. The molecule has 0 bridgehead atoms. The minimum atomic E-state index is -4.69. The van der Waals surface area contributed by atoms with E-state index in [1.165, 1.54) is 17.0 Å². The van der Waals surface area contributed by atoms with Gasteiger partial charge in [-0.2, -0.15) is 13.2 Å². The van der Waals surface area contributed by atoms with Crippen LogP contribution in [0, 0.1) is 5.82 Å². The third-order valence-corrected chi connectivity index (χ3v) is 4.56. The van der Waals surface area contributed by atoms with Gasteiger partial charge in [0.1, 0.15) is 23.3 Å². The number of carbonyl (C=O) groups is 2. The Morgan fingerprint density at radius 3 is 2.28 bits per heavy atom. The van der Waals surface area contributed by atoms with Gasteiger partial charge < -0.3 is 19.5 Å². The van der Waals surface area contributed by atoms with E-state index in [1.54, 1.807) is 20.8 Å². The van der Waals surface area contributed by atoms with Gasteiger partial charge in [-0.1, -0.05) is 0 Å². The van der Waals surface area contributed by atoms with Gasteiger partial charge in [-0.25, -0.2) is 14.0 Å². The normalized spacial score (nSPS) is 14.7. The maximum absolute atomic E-state index is 14.3. The van der Waals surface area contributed by atoms with Crippen molar-refractivity contribution in [1.82, 2.24) is 4.90 Å². The van der Waals surface area contributed by atoms with E-state index in [2.05, 4.69) is 0 Å². The molecule has 0 aliphatic carbocycles. The van der Waals surface area contributed by atoms with Crippen LogP contribution in [0.25, 0.3) is 11.1 Å². The molecule has 6 nitrogen and oxygen atoms in total. The van der Waals surface area contributed by atoms with Gasteiger partial charge in [-0.3, -0.25) is 0 Å². The van der Waals surface area contributed by atoms with Crippen LogP contribution in [0.5, 0.6) is 5.75 Å². The molecule has 2 aromatic carbocycles. The number of likely N-dealkylation sites (tertiary alicyclic amines) is 1. The van der Waals surface area contributed by atoms with Gasteiger partial charge in [0.25, 0.3) is 0 Å². The van der Waals surface area contributed by atoms with Gasteiger partial charge in [0.15, 0.2) is 0 Å². The minimum absolute atomic E-state index is 0.0329. The van der Waals surface area contributed by atoms with Gasteiger partial charge in [0, 0.05) is 5.56 Å². The van der Waals surface area contributed by atoms with Gasteiger partial charge in [0.05, 0.1) is 24.2 Å². The van der Waals surface area contributed by atoms with E-state index in [0.29, 0.717) is 18.2 Å². The molecule has 1 aliphatic rings. The Morgan fingerprint density at radius 2 is 1.72 bits per heavy atom. The molecule has 1 aliphatic heterocycles. The zero-order valence-corrected chi connectivity index (χ0v) is 17.5. The summed E-state index contributed by atoms with van der Waals surface area (Å²) in [4.78, 5) is 24.9. The highest BCUT2D eigenvalue weighted by molar-refractivity contribution is 5.90. The van der Waals surface area contributed by atoms with Gasteiger partial charge in [-0.15, -0.1) is 0 Å². The van der Waals surface area contributed by atoms with Crippen molar-refractivity contribution in [1.29, 1.82) is 0 Å². The van der Waals surface area contributed by atoms with Gasteiger partial charge >= 0.3 is 18.2 Å². The van der Waals surface area contributed by atoms with Crippen molar-refractivity contribution in [2.24, 2.45) is 0 Å². The number of amides is 1. The summed E-state index contributed by atoms with van der Waals surface area (Å²) in [5, 5.41) is 9.36. The van der Waals surface area contributed by atoms with E-state index in [9.17, 15) is 32.3 Å². The van der Waals surface area contributed by atoms with Crippen molar-refractivity contribution in [2.75, 3.05) is 13.1 Å². The Balaban J connectivity index is 1.83. The van der Waals surface area contributed by atoms with Crippen molar-refractivity contribution in [3.63, 3.8) is 0 Å². The maximum atomic E-state index is 14.3. The van der Waals surface area contributed by atoms with E-state index in [0.717, 1.165) is 6.07 Å². The third kappa shape index (κ3) is 5.49. The quantitative estimate of drug-likeness (QED) is 0.641. The lowest BCUT2D eigenvalue weighted by Gasteiger charge is -2.39. The van der Waals surface area contributed by atoms with Crippen LogP contribution in [0.15, 0.2) is 36.4 Å². The van der Waals surface area contributed by atoms with Crippen molar-refractivity contribution >= 4 is 12.1 Å². The second-order valence-electron chi connectivity index (χ2n) is 8.37. The fourth-order valence-electron chi connectivity index (χ4n) is 3.05. The summed E-state index contributed by atoms with van der Waals surface area (Å²) in [7, 11) is 0. The number of aromatic carboxylic acids is 1. The Bertz CT molecular complexity index is 1040. The lowest BCUT2D eigenvalue weighted by atomic mass is 9.99. The largest absolute Gasteiger partial charge is 0.487 e. The Kier molecular flexibility index (Phi) is 6.08. The lowest BCUT2D eigenvalue weighted by Crippen LogP contribution is -2.57. The molecular formula is C22H21F4NO5. The molecule has 1 fully saturated rings. The van der Waals surface area contributed by atoms with Crippen molar-refractivity contribution in [3.05, 3.63) is 53.3 Å². The smallest absolute Gasteiger partial charge is 0.416 e. The third-order valence-electron chi connectivity index (χ3n) is 4.56. The molecule has 0 radical (unpaired) electrons. The summed E-state index contributed by atoms with van der Waals surface area (Å²) in [5.74, 6) is -2.26. The fourth-order valence-corrected chi connectivity index (χ4v) is 3.05. The maximum Gasteiger partial charge on any atom is 0.416 e. The first-order valence-corrected chi connectivity index (χ1v) is 9.63. The van der Waals surface area contributed by atoms with Crippen LogP contribution in [-0.4, -0.2) is 46.9 Å². The van der Waals surface area contributed by atoms with E-state index in [-0.39, 0.29) is 30.0 Å². The predicted octanol–water partition coefficient (Wildman–Crippen LogP) is 5.21. The van der Waals surface area contributed by atoms with Crippen LogP contribution < -0.4 is 4.74 Å². The molecule has 1 N–H and O–H groups in total. The molecule has 3 rings (SSSR count). The molecule has 2 aromatic rings. The van der Waals surface area contributed by atoms with E-state index in [4.69, 9.17) is 9.47 Å². The molecule has 1 heterocycles. The summed E-state index contributed by atoms with van der Waals surface area (Å²) in [6.45, 7) is 5.54. The standard InChI is InChI=1S/C22H21F4NO5/c1-21(2,3)32-20(30)27-10-16(11-27)31-15-7-12(6-13(8-15)19(28)29)17-9-14(22(24,25)26)4-5-18(17)23/h4-9,16H,10-11H2,1-3H3,(H,28,29). The molecule has 172 valence electrons. The number of carboxylic acids is 1. The van der Waals surface area contributed by atoms with Crippen LogP contribution in [0.3, 0.4) is 0 Å². The molecule has 0 aromatic heterocycles. The molecule has 32 heavy (non-hydrogen) atoms. The number of benzene rings is 2. The topological polar surface area (TPSA) is 76.1 Å². The predicted molar refractivity (Wildman–Crippen MR) is 106 cm³/mol. The number of nitrogens with zero attached hydrogens (tertiary/aromatic N) is 1. The average Bonchev–Trinajstić information content (AvgIpc) is 2.61. The van der Waals surface area contributed by atoms with E-state index in [1.807, 2.05) is 0 Å². The fraction of sp³-hybridized carbons (Fsp3) is 0.364. The van der Waals surface area contributed by atoms with E-state index < -0.39 is 46.9 Å². The first-order valence-electron chi connectivity index (χ1n) is 9.63. The zero-order valence-electron chi connectivity index (χ0n) is 17.5. The lowest BCUT2D eigenvalue weighted by molar-refractivity contribution is -0.137. The molecule has 0 unspecified atom stereocenters. The summed E-state index contributed by atoms with van der Waals surface area (Å²) in [5.41, 5.74) is -2.49. The van der Waals surface area contributed by atoms with Gasteiger partial charge in [-0.05, 0) is 62.7 Å². The number of ether oxygens (including phenoxy) is 2. The number of carbonyl (C=O) groups excluding carboxylic acids is 1. The Morgan fingerprint density at radius 1 is 1.06 bits per heavy atom. The van der Waals surface area contributed by atoms with Crippen LogP contribution in [0.1, 0.15) is 36.7 Å². The number of halogens is 4. The van der Waals surface area contributed by atoms with Crippen LogP contribution in [-0.2, 0) is 10.9 Å². The summed E-state index contributed by atoms with van der Waals surface area (Å²) < 4.78 is 64.4. The van der Waals surface area contributed by atoms with Crippen molar-refractivity contribution < 1.29 is 41.7 Å². The summed E-state index contributed by atoms with van der Waals surface area (Å²) in [6.07, 6.45) is -5.70. The second kappa shape index (κ2) is 8.33. The molecular weight excluding hydrogens is 434 g/mol. The van der Waals surface area contributed by atoms with E-state index >= 15 is 0 Å². The molecule has 0 spiro atoms. The second-order valence-corrected chi connectivity index (χ2v) is 8.37. The Hall–Kier alpha value is -3.30. The molecule has 1 amide bonds. The molecule has 10 heteroatoms. The van der Waals surface area contributed by atoms with Crippen LogP contribution in [0.4, 0.5) is 22.4 Å². The monoisotopic (exact) mass is 455 g/mol. The van der Waals surface area contributed by atoms with Crippen molar-refractivity contribution in [2.45, 2.75) is 38.7 Å². The highest BCUT2D eigenvalue weighted by Gasteiger charge is 2.35. The minimum Gasteiger partial charge on any atom is -0.487 e. The highest BCUT2D eigenvalue weighted by atomic mass is 19.4. The number of alkyl halides is 3. The number of hydrogen-bond acceptors (Lipinski definition) is 4. The molecule has 1 saturated heterocycles. The number of hydrogen-bond donors (Lipinski definition) is 1. The Labute approximate surface area is 181 Å². The van der Waals surface area contributed by atoms with Gasteiger partial charge in [0.2, 0.25) is 0 Å². The molecule has 0 saturated carbocycles. The van der Waals surface area contributed by atoms with Crippen molar-refractivity contribution in [3.8, 4) is 16.9 Å². The zero-order chi connectivity index (χ0) is 23.8. The first-order chi connectivity index (χ1) is 14.7. The van der Waals surface area contributed by atoms with Crippen LogP contribution in [0.2, 0.25) is 0 Å².